The smallest absolute Gasteiger partial charge is 0.190 e. The van der Waals surface area contributed by atoms with Crippen molar-refractivity contribution in [2.75, 3.05) is 6.61 Å². The number of rotatable bonds is 2. The van der Waals surface area contributed by atoms with Crippen LogP contribution in [0, 0.1) is 28.6 Å². The van der Waals surface area contributed by atoms with Gasteiger partial charge in [-0.1, -0.05) is 25.5 Å². The highest BCUT2D eigenvalue weighted by Gasteiger charge is 2.81. The summed E-state index contributed by atoms with van der Waals surface area (Å²) in [6, 6.07) is 0. The minimum Gasteiger partial charge on any atom is -0.388 e. The van der Waals surface area contributed by atoms with Crippen molar-refractivity contribution < 1.29 is 24.5 Å². The number of Topliss-reactive ketones (excluding diaryl/α,β-unsaturated/α-hetero) is 1. The van der Waals surface area contributed by atoms with Crippen LogP contribution in [-0.4, -0.2) is 45.7 Å². The molecule has 1 spiro atoms. The molecule has 0 aromatic carbocycles. The summed E-state index contributed by atoms with van der Waals surface area (Å²) in [4.78, 5) is 24.5. The molecule has 0 amide bonds. The maximum atomic E-state index is 12.6. The first-order chi connectivity index (χ1) is 12.6. The van der Waals surface area contributed by atoms with Crippen LogP contribution < -0.4 is 0 Å². The molecule has 1 saturated heterocycles. The van der Waals surface area contributed by atoms with Crippen LogP contribution >= 0.6 is 0 Å². The van der Waals surface area contributed by atoms with Gasteiger partial charge in [0.25, 0.3) is 0 Å². The number of carbonyl (C=O) groups is 2. The number of fused-ring (bicyclic) bond motifs is 3. The number of hydrogen-bond donors (Lipinski definition) is 2. The molecule has 4 aliphatic carbocycles. The van der Waals surface area contributed by atoms with Gasteiger partial charge in [0.15, 0.2) is 11.6 Å². The third-order valence-corrected chi connectivity index (χ3v) is 9.08. The normalized spacial score (nSPS) is 55.1. The molecule has 1 aliphatic heterocycles. The molecule has 5 aliphatic rings. The third kappa shape index (κ3) is 1.73. The maximum Gasteiger partial charge on any atom is 0.190 e. The minimum atomic E-state index is -1.50. The molecule has 4 fully saturated rings. The molecule has 0 aromatic heterocycles. The van der Waals surface area contributed by atoms with Crippen LogP contribution in [0.25, 0.3) is 0 Å². The van der Waals surface area contributed by atoms with E-state index in [4.69, 9.17) is 4.74 Å². The number of aliphatic hydroxyl groups excluding tert-OH is 1. The van der Waals surface area contributed by atoms with Crippen LogP contribution in [0.5, 0.6) is 0 Å². The summed E-state index contributed by atoms with van der Waals surface area (Å²) >= 11 is 0. The molecule has 0 unspecified atom stereocenters. The van der Waals surface area contributed by atoms with Gasteiger partial charge in [0.1, 0.15) is 17.8 Å². The molecule has 2 N–H and O–H groups in total. The Bertz CT molecular complexity index is 814. The Morgan fingerprint density at radius 3 is 2.78 bits per heavy atom. The van der Waals surface area contributed by atoms with Crippen LogP contribution in [0.4, 0.5) is 0 Å². The number of ether oxygens (including phenoxy) is 1. The molecule has 5 rings (SSSR count). The van der Waals surface area contributed by atoms with E-state index in [9.17, 15) is 19.8 Å². The van der Waals surface area contributed by atoms with Gasteiger partial charge in [0.2, 0.25) is 0 Å². The van der Waals surface area contributed by atoms with Gasteiger partial charge in [-0.2, -0.15) is 0 Å². The van der Waals surface area contributed by atoms with Gasteiger partial charge in [-0.3, -0.25) is 9.59 Å². The Labute approximate surface area is 159 Å². The molecule has 5 heteroatoms. The first kappa shape index (κ1) is 17.8. The monoisotopic (exact) mass is 372 g/mol. The standard InChI is InChI=1S/C22H28O5/c1-12-8-16-15-5-4-13-9-14(24)6-7-19(13,2)22(15)18(27-22)10-20(16,3)21(12,26)17(25)11-23/h6-7,9,12,15-16,18,23,26H,4-5,8,10-11H2,1-3H3/t12-,15+,16-,18+,19-,20+,21+,22-/m1/s1. The van der Waals surface area contributed by atoms with E-state index >= 15 is 0 Å². The fourth-order valence-electron chi connectivity index (χ4n) is 7.70. The van der Waals surface area contributed by atoms with Crippen molar-refractivity contribution in [3.05, 3.63) is 23.8 Å². The predicted octanol–water partition coefficient (Wildman–Crippen LogP) is 1.96. The summed E-state index contributed by atoms with van der Waals surface area (Å²) < 4.78 is 6.43. The molecule has 3 saturated carbocycles. The minimum absolute atomic E-state index is 0.0291. The first-order valence-corrected chi connectivity index (χ1v) is 10.1. The molecular formula is C22H28O5. The number of hydrogen-bond acceptors (Lipinski definition) is 5. The van der Waals surface area contributed by atoms with E-state index in [-0.39, 0.29) is 40.7 Å². The van der Waals surface area contributed by atoms with Crippen LogP contribution in [0.2, 0.25) is 0 Å². The average Bonchev–Trinajstić information content (AvgIpc) is 3.31. The molecule has 0 aromatic rings. The Morgan fingerprint density at radius 1 is 1.33 bits per heavy atom. The Hall–Kier alpha value is -1.30. The highest BCUT2D eigenvalue weighted by molar-refractivity contribution is 6.01. The number of allylic oxidation sites excluding steroid dienone is 2. The zero-order chi connectivity index (χ0) is 19.4. The molecule has 1 heterocycles. The van der Waals surface area contributed by atoms with E-state index in [0.29, 0.717) is 6.42 Å². The van der Waals surface area contributed by atoms with Crippen LogP contribution in [0.15, 0.2) is 23.8 Å². The molecular weight excluding hydrogens is 344 g/mol. The number of ketones is 2. The van der Waals surface area contributed by atoms with E-state index < -0.39 is 23.4 Å². The second-order valence-corrected chi connectivity index (χ2v) is 9.86. The van der Waals surface area contributed by atoms with E-state index in [1.807, 2.05) is 19.9 Å². The largest absolute Gasteiger partial charge is 0.388 e. The number of epoxide rings is 1. The van der Waals surface area contributed by atoms with Crippen molar-refractivity contribution in [1.29, 1.82) is 0 Å². The molecule has 8 atom stereocenters. The van der Waals surface area contributed by atoms with Gasteiger partial charge in [0.05, 0.1) is 6.10 Å². The zero-order valence-electron chi connectivity index (χ0n) is 16.2. The molecule has 0 bridgehead atoms. The number of carbonyl (C=O) groups excluding carboxylic acids is 2. The van der Waals surface area contributed by atoms with Crippen molar-refractivity contribution in [3.63, 3.8) is 0 Å². The average molecular weight is 372 g/mol. The quantitative estimate of drug-likeness (QED) is 0.724. The summed E-state index contributed by atoms with van der Waals surface area (Å²) in [7, 11) is 0. The van der Waals surface area contributed by atoms with Crippen LogP contribution in [-0.2, 0) is 14.3 Å². The van der Waals surface area contributed by atoms with Crippen molar-refractivity contribution in [3.8, 4) is 0 Å². The van der Waals surface area contributed by atoms with Gasteiger partial charge in [-0.25, -0.2) is 0 Å². The van der Waals surface area contributed by atoms with Gasteiger partial charge in [-0.05, 0) is 62.5 Å². The third-order valence-electron chi connectivity index (χ3n) is 9.08. The summed E-state index contributed by atoms with van der Waals surface area (Å²) in [6.45, 7) is 5.51. The number of aliphatic hydroxyl groups is 2. The van der Waals surface area contributed by atoms with Crippen LogP contribution in [0.3, 0.4) is 0 Å². The van der Waals surface area contributed by atoms with Crippen molar-refractivity contribution >= 4 is 11.6 Å². The van der Waals surface area contributed by atoms with Crippen LogP contribution in [0.1, 0.15) is 46.5 Å². The first-order valence-electron chi connectivity index (χ1n) is 10.1. The molecule has 146 valence electrons. The Kier molecular flexibility index (Phi) is 3.29. The van der Waals surface area contributed by atoms with Crippen molar-refractivity contribution in [2.24, 2.45) is 28.6 Å². The second kappa shape index (κ2) is 5.00. The summed E-state index contributed by atoms with van der Waals surface area (Å²) in [5, 5.41) is 21.0. The lowest BCUT2D eigenvalue weighted by molar-refractivity contribution is -0.165. The highest BCUT2D eigenvalue weighted by Crippen LogP contribution is 2.76. The second-order valence-electron chi connectivity index (χ2n) is 9.86. The van der Waals surface area contributed by atoms with E-state index in [1.54, 1.807) is 12.2 Å². The predicted molar refractivity (Wildman–Crippen MR) is 97.7 cm³/mol. The highest BCUT2D eigenvalue weighted by atomic mass is 16.6. The van der Waals surface area contributed by atoms with Gasteiger partial charge in [0, 0.05) is 10.8 Å². The lowest BCUT2D eigenvalue weighted by Crippen LogP contribution is -2.62. The van der Waals surface area contributed by atoms with Crippen molar-refractivity contribution in [1.82, 2.24) is 0 Å². The van der Waals surface area contributed by atoms with E-state index in [0.717, 1.165) is 24.8 Å². The topological polar surface area (TPSA) is 87.1 Å². The lowest BCUT2D eigenvalue weighted by atomic mass is 9.46. The van der Waals surface area contributed by atoms with Gasteiger partial charge >= 0.3 is 0 Å². The SMILES string of the molecule is C[C@@H]1C[C@@H]2[C@@H]3CCC4=CC(=O)C=C[C@@]4(C)[C@@]34O[C@H]4C[C@]2(C)[C@@]1(O)C(=O)CO. The summed E-state index contributed by atoms with van der Waals surface area (Å²) in [5.41, 5.74) is -1.55. The fourth-order valence-corrected chi connectivity index (χ4v) is 7.70. The molecule has 0 radical (unpaired) electrons. The zero-order valence-corrected chi connectivity index (χ0v) is 16.2. The molecule has 5 nitrogen and oxygen atoms in total. The van der Waals surface area contributed by atoms with E-state index in [2.05, 4.69) is 6.92 Å². The molecule has 27 heavy (non-hydrogen) atoms. The summed E-state index contributed by atoms with van der Waals surface area (Å²) in [6.07, 6.45) is 8.58. The maximum absolute atomic E-state index is 12.6. The van der Waals surface area contributed by atoms with E-state index in [1.165, 1.54) is 0 Å². The summed E-state index contributed by atoms with van der Waals surface area (Å²) in [5.74, 6) is -0.193. The fraction of sp³-hybridized carbons (Fsp3) is 0.727. The van der Waals surface area contributed by atoms with Crippen molar-refractivity contribution in [2.45, 2.75) is 63.8 Å². The van der Waals surface area contributed by atoms with Gasteiger partial charge < -0.3 is 14.9 Å². The Balaban J connectivity index is 1.60. The van der Waals surface area contributed by atoms with Gasteiger partial charge in [-0.15, -0.1) is 0 Å². The Morgan fingerprint density at radius 2 is 2.07 bits per heavy atom. The lowest BCUT2D eigenvalue weighted by Gasteiger charge is -2.55.